The normalized spacial score (nSPS) is 10.8. The minimum atomic E-state index is -0.500. The molecule has 1 amide bonds. The zero-order valence-electron chi connectivity index (χ0n) is 14.8. The topological polar surface area (TPSA) is 102 Å². The largest absolute Gasteiger partial charge is 0.484 e. The molecule has 0 aliphatic rings. The number of primary amides is 1. The van der Waals surface area contributed by atoms with Crippen LogP contribution in [0.15, 0.2) is 35.5 Å². The zero-order chi connectivity index (χ0) is 18.1. The molecule has 1 aromatic carbocycles. The van der Waals surface area contributed by atoms with Crippen LogP contribution in [0.3, 0.4) is 0 Å². The molecule has 142 valence electrons. The Balaban J connectivity index is 0.00000338. The van der Waals surface area contributed by atoms with Crippen LogP contribution >= 0.6 is 35.3 Å². The number of nitrogens with zero attached hydrogens (tertiary/aromatic N) is 2. The number of aromatic nitrogens is 1. The Bertz CT molecular complexity index is 735. The lowest BCUT2D eigenvalue weighted by atomic mass is 10.2. The number of amides is 1. The summed E-state index contributed by atoms with van der Waals surface area (Å²) in [5.41, 5.74) is 6.06. The lowest BCUT2D eigenvalue weighted by Gasteiger charge is -2.10. The summed E-state index contributed by atoms with van der Waals surface area (Å²) in [7, 11) is 0. The molecule has 26 heavy (non-hydrogen) atoms. The second-order valence-electron chi connectivity index (χ2n) is 5.32. The monoisotopic (exact) mass is 489 g/mol. The quantitative estimate of drug-likeness (QED) is 0.300. The van der Waals surface area contributed by atoms with E-state index in [9.17, 15) is 4.79 Å². The van der Waals surface area contributed by atoms with Gasteiger partial charge in [0, 0.05) is 17.6 Å². The summed E-state index contributed by atoms with van der Waals surface area (Å²) in [6.45, 7) is 5.80. The van der Waals surface area contributed by atoms with Gasteiger partial charge in [-0.2, -0.15) is 0 Å². The molecule has 0 saturated heterocycles. The van der Waals surface area contributed by atoms with E-state index in [0.29, 0.717) is 18.8 Å². The number of nitrogens with two attached hydrogens (primary N) is 1. The van der Waals surface area contributed by atoms with Gasteiger partial charge in [0.1, 0.15) is 10.8 Å². The predicted octanol–water partition coefficient (Wildman–Crippen LogP) is 2.19. The summed E-state index contributed by atoms with van der Waals surface area (Å²) in [5, 5.41) is 7.50. The van der Waals surface area contributed by atoms with Crippen molar-refractivity contribution in [1.82, 2.24) is 15.6 Å². The van der Waals surface area contributed by atoms with Gasteiger partial charge in [0.05, 0.1) is 13.1 Å². The number of nitrogens with one attached hydrogen (secondary N) is 2. The van der Waals surface area contributed by atoms with Crippen molar-refractivity contribution in [2.75, 3.05) is 13.2 Å². The van der Waals surface area contributed by atoms with Crippen LogP contribution in [-0.4, -0.2) is 30.0 Å². The Morgan fingerprint density at radius 3 is 2.85 bits per heavy atom. The molecule has 1 aromatic heterocycles. The number of hydrogen-bond acceptors (Lipinski definition) is 5. The zero-order valence-corrected chi connectivity index (χ0v) is 18.0. The summed E-state index contributed by atoms with van der Waals surface area (Å²) < 4.78 is 5.31. The number of benzene rings is 1. The Labute approximate surface area is 174 Å². The van der Waals surface area contributed by atoms with Crippen molar-refractivity contribution in [3.05, 3.63) is 45.9 Å². The molecule has 0 unspecified atom stereocenters. The summed E-state index contributed by atoms with van der Waals surface area (Å²) >= 11 is 1.66. The highest BCUT2D eigenvalue weighted by Crippen LogP contribution is 2.14. The van der Waals surface area contributed by atoms with Gasteiger partial charge < -0.3 is 21.1 Å². The SMILES string of the molecule is CCNC(=NCc1cccc(OCC(N)=O)c1)NCc1ncc(C)s1.I. The average molecular weight is 489 g/mol. The fraction of sp³-hybridized carbons (Fsp3) is 0.353. The first-order valence-corrected chi connectivity index (χ1v) is 8.82. The molecule has 2 aromatic rings. The third-order valence-electron chi connectivity index (χ3n) is 3.12. The van der Waals surface area contributed by atoms with Gasteiger partial charge in [-0.15, -0.1) is 35.3 Å². The van der Waals surface area contributed by atoms with Crippen molar-refractivity contribution in [1.29, 1.82) is 0 Å². The Morgan fingerprint density at radius 1 is 1.38 bits per heavy atom. The van der Waals surface area contributed by atoms with Gasteiger partial charge in [-0.25, -0.2) is 9.98 Å². The van der Waals surface area contributed by atoms with Gasteiger partial charge in [0.25, 0.3) is 5.91 Å². The summed E-state index contributed by atoms with van der Waals surface area (Å²) in [5.74, 6) is 0.820. The Morgan fingerprint density at radius 2 is 2.19 bits per heavy atom. The molecule has 2 rings (SSSR count). The van der Waals surface area contributed by atoms with Crippen molar-refractivity contribution in [2.24, 2.45) is 10.7 Å². The highest BCUT2D eigenvalue weighted by atomic mass is 127. The number of thiazole rings is 1. The van der Waals surface area contributed by atoms with Gasteiger partial charge >= 0.3 is 0 Å². The molecule has 0 fully saturated rings. The van der Waals surface area contributed by atoms with Gasteiger partial charge in [-0.1, -0.05) is 12.1 Å². The van der Waals surface area contributed by atoms with E-state index in [1.807, 2.05) is 38.2 Å². The van der Waals surface area contributed by atoms with Crippen LogP contribution in [0.2, 0.25) is 0 Å². The van der Waals surface area contributed by atoms with E-state index in [2.05, 4.69) is 20.6 Å². The Hall–Kier alpha value is -1.88. The van der Waals surface area contributed by atoms with Crippen molar-refractivity contribution in [2.45, 2.75) is 26.9 Å². The van der Waals surface area contributed by atoms with E-state index in [1.54, 1.807) is 17.4 Å². The number of halogens is 1. The van der Waals surface area contributed by atoms with Crippen molar-refractivity contribution in [3.8, 4) is 5.75 Å². The van der Waals surface area contributed by atoms with Crippen molar-refractivity contribution in [3.63, 3.8) is 0 Å². The number of hydrogen-bond donors (Lipinski definition) is 3. The smallest absolute Gasteiger partial charge is 0.255 e. The molecule has 0 bridgehead atoms. The van der Waals surface area contributed by atoms with Gasteiger partial charge in [-0.05, 0) is 31.5 Å². The first-order valence-electron chi connectivity index (χ1n) is 8.00. The molecular weight excluding hydrogens is 465 g/mol. The summed E-state index contributed by atoms with van der Waals surface area (Å²) in [6, 6.07) is 7.44. The van der Waals surface area contributed by atoms with Crippen LogP contribution < -0.4 is 21.1 Å². The van der Waals surface area contributed by atoms with Crippen LogP contribution in [0.5, 0.6) is 5.75 Å². The van der Waals surface area contributed by atoms with Gasteiger partial charge in [0.2, 0.25) is 0 Å². The second-order valence-corrected chi connectivity index (χ2v) is 6.64. The highest BCUT2D eigenvalue weighted by Gasteiger charge is 2.03. The molecule has 0 atom stereocenters. The maximum absolute atomic E-state index is 10.8. The minimum absolute atomic E-state index is 0. The third kappa shape index (κ3) is 8.00. The first kappa shape index (κ1) is 22.2. The highest BCUT2D eigenvalue weighted by molar-refractivity contribution is 14.0. The maximum Gasteiger partial charge on any atom is 0.255 e. The number of aryl methyl sites for hydroxylation is 1. The fourth-order valence-electron chi connectivity index (χ4n) is 2.04. The van der Waals surface area contributed by atoms with E-state index >= 15 is 0 Å². The second kappa shape index (κ2) is 11.7. The number of aliphatic imine (C=N–C) groups is 1. The molecule has 0 aliphatic carbocycles. The standard InChI is InChI=1S/C17H23N5O2S.HI/c1-3-19-17(22-10-16-20-8-12(2)25-16)21-9-13-5-4-6-14(7-13)24-11-15(18)23;/h4-8H,3,9-11H2,1-2H3,(H2,18,23)(H2,19,21,22);1H. The van der Waals surface area contributed by atoms with E-state index < -0.39 is 5.91 Å². The molecular formula is C17H24IN5O2S. The van der Waals surface area contributed by atoms with Crippen LogP contribution in [0.25, 0.3) is 0 Å². The van der Waals surface area contributed by atoms with E-state index in [0.717, 1.165) is 23.1 Å². The number of ether oxygens (including phenoxy) is 1. The fourth-order valence-corrected chi connectivity index (χ4v) is 2.77. The molecule has 0 spiro atoms. The number of rotatable bonds is 8. The number of carbonyl (C=O) groups excluding carboxylic acids is 1. The van der Waals surface area contributed by atoms with Crippen LogP contribution in [0, 0.1) is 6.92 Å². The molecule has 0 saturated carbocycles. The molecule has 1 heterocycles. The molecule has 9 heteroatoms. The van der Waals surface area contributed by atoms with Gasteiger partial charge in [0.15, 0.2) is 12.6 Å². The molecule has 0 aliphatic heterocycles. The lowest BCUT2D eigenvalue weighted by molar-refractivity contribution is -0.119. The van der Waals surface area contributed by atoms with Crippen molar-refractivity contribution >= 4 is 47.2 Å². The third-order valence-corrected chi connectivity index (χ3v) is 4.03. The Kier molecular flexibility index (Phi) is 9.96. The molecule has 7 nitrogen and oxygen atoms in total. The van der Waals surface area contributed by atoms with E-state index in [1.165, 1.54) is 4.88 Å². The predicted molar refractivity (Wildman–Crippen MR) is 115 cm³/mol. The van der Waals surface area contributed by atoms with E-state index in [4.69, 9.17) is 10.5 Å². The molecule has 0 radical (unpaired) electrons. The summed E-state index contributed by atoms with van der Waals surface area (Å²) in [6.07, 6.45) is 1.86. The first-order chi connectivity index (χ1) is 12.1. The van der Waals surface area contributed by atoms with Crippen LogP contribution in [-0.2, 0) is 17.9 Å². The number of guanidine groups is 1. The van der Waals surface area contributed by atoms with Gasteiger partial charge in [-0.3, -0.25) is 4.79 Å². The minimum Gasteiger partial charge on any atom is -0.484 e. The number of carbonyl (C=O) groups is 1. The lowest BCUT2D eigenvalue weighted by Crippen LogP contribution is -2.36. The van der Waals surface area contributed by atoms with Crippen LogP contribution in [0.4, 0.5) is 0 Å². The van der Waals surface area contributed by atoms with E-state index in [-0.39, 0.29) is 30.6 Å². The van der Waals surface area contributed by atoms with Crippen LogP contribution in [0.1, 0.15) is 22.4 Å². The maximum atomic E-state index is 10.8. The van der Waals surface area contributed by atoms with Crippen molar-refractivity contribution < 1.29 is 9.53 Å². The average Bonchev–Trinajstić information content (AvgIpc) is 3.01. The summed E-state index contributed by atoms with van der Waals surface area (Å²) in [4.78, 5) is 20.9. The molecule has 4 N–H and O–H groups in total.